The number of carbonyl (C=O) groups is 2. The van der Waals surface area contributed by atoms with Crippen LogP contribution in [0.5, 0.6) is 0 Å². The molecule has 0 radical (unpaired) electrons. The van der Waals surface area contributed by atoms with Crippen molar-refractivity contribution in [3.63, 3.8) is 0 Å². The van der Waals surface area contributed by atoms with Crippen LogP contribution in [-0.2, 0) is 9.53 Å². The van der Waals surface area contributed by atoms with Gasteiger partial charge >= 0.3 is 0 Å². The second-order valence-electron chi connectivity index (χ2n) is 7.77. The normalized spacial score (nSPS) is 25.6. The van der Waals surface area contributed by atoms with Crippen molar-refractivity contribution < 1.29 is 18.7 Å². The number of likely N-dealkylation sites (tertiary alicyclic amines) is 1. The van der Waals surface area contributed by atoms with Crippen molar-refractivity contribution in [2.75, 3.05) is 52.5 Å². The van der Waals surface area contributed by atoms with E-state index in [1.165, 1.54) is 6.26 Å². The minimum absolute atomic E-state index is 0.0875. The number of furan rings is 1. The maximum Gasteiger partial charge on any atom is 0.289 e. The van der Waals surface area contributed by atoms with E-state index in [0.717, 1.165) is 52.0 Å². The first-order valence-corrected chi connectivity index (χ1v) is 10.2. The van der Waals surface area contributed by atoms with Gasteiger partial charge in [-0.2, -0.15) is 0 Å². The molecule has 0 aliphatic carbocycles. The Morgan fingerprint density at radius 3 is 2.41 bits per heavy atom. The summed E-state index contributed by atoms with van der Waals surface area (Å²) >= 11 is 0. The van der Waals surface area contributed by atoms with E-state index in [4.69, 9.17) is 9.15 Å². The minimum atomic E-state index is -0.0875. The van der Waals surface area contributed by atoms with Gasteiger partial charge in [0.2, 0.25) is 5.91 Å². The van der Waals surface area contributed by atoms with Crippen molar-refractivity contribution in [3.05, 3.63) is 24.2 Å². The zero-order valence-electron chi connectivity index (χ0n) is 15.8. The first kappa shape index (κ1) is 18.5. The van der Waals surface area contributed by atoms with E-state index in [1.54, 1.807) is 17.0 Å². The van der Waals surface area contributed by atoms with Crippen LogP contribution in [0.1, 0.15) is 36.2 Å². The van der Waals surface area contributed by atoms with Crippen LogP contribution in [-0.4, -0.2) is 85.0 Å². The highest BCUT2D eigenvalue weighted by Gasteiger charge is 2.34. The summed E-state index contributed by atoms with van der Waals surface area (Å²) in [4.78, 5) is 31.6. The van der Waals surface area contributed by atoms with Crippen LogP contribution in [0.4, 0.5) is 0 Å². The molecule has 4 heterocycles. The van der Waals surface area contributed by atoms with Gasteiger partial charge in [-0.15, -0.1) is 0 Å². The molecule has 0 bridgehead atoms. The molecule has 0 saturated carbocycles. The smallest absolute Gasteiger partial charge is 0.289 e. The Morgan fingerprint density at radius 1 is 0.963 bits per heavy atom. The number of hydrogen-bond acceptors (Lipinski definition) is 5. The van der Waals surface area contributed by atoms with Crippen LogP contribution < -0.4 is 0 Å². The highest BCUT2D eigenvalue weighted by molar-refractivity contribution is 5.91. The van der Waals surface area contributed by atoms with Crippen molar-refractivity contribution in [2.24, 2.45) is 5.92 Å². The number of hydrogen-bond donors (Lipinski definition) is 0. The van der Waals surface area contributed by atoms with E-state index >= 15 is 0 Å². The van der Waals surface area contributed by atoms with Gasteiger partial charge < -0.3 is 19.0 Å². The third-order valence-corrected chi connectivity index (χ3v) is 6.12. The Balaban J connectivity index is 1.29. The van der Waals surface area contributed by atoms with Crippen LogP contribution >= 0.6 is 0 Å². The fraction of sp³-hybridized carbons (Fsp3) is 0.700. The summed E-state index contributed by atoms with van der Waals surface area (Å²) in [5, 5.41) is 0. The van der Waals surface area contributed by atoms with Gasteiger partial charge in [-0.1, -0.05) is 0 Å². The van der Waals surface area contributed by atoms with Crippen LogP contribution in [0.2, 0.25) is 0 Å². The third kappa shape index (κ3) is 4.19. The molecule has 3 aliphatic rings. The topological polar surface area (TPSA) is 66.2 Å². The molecule has 3 fully saturated rings. The van der Waals surface area contributed by atoms with Crippen LogP contribution in [0.15, 0.2) is 22.8 Å². The van der Waals surface area contributed by atoms with Gasteiger partial charge in [-0.05, 0) is 44.4 Å². The summed E-state index contributed by atoms with van der Waals surface area (Å²) in [5.74, 6) is 0.635. The molecule has 2 amide bonds. The first-order valence-electron chi connectivity index (χ1n) is 10.2. The minimum Gasteiger partial charge on any atom is -0.459 e. The average Bonchev–Trinajstić information content (AvgIpc) is 3.28. The van der Waals surface area contributed by atoms with Crippen LogP contribution in [0, 0.1) is 5.92 Å². The number of ether oxygens (including phenoxy) is 1. The summed E-state index contributed by atoms with van der Waals surface area (Å²) in [5.41, 5.74) is 0. The lowest BCUT2D eigenvalue weighted by Crippen LogP contribution is -2.54. The Hall–Kier alpha value is -1.86. The number of piperazine rings is 1. The Morgan fingerprint density at radius 2 is 1.70 bits per heavy atom. The molecule has 1 unspecified atom stereocenters. The van der Waals surface area contributed by atoms with E-state index in [1.807, 2.05) is 4.90 Å². The van der Waals surface area contributed by atoms with Crippen LogP contribution in [0.25, 0.3) is 0 Å². The van der Waals surface area contributed by atoms with E-state index in [0.29, 0.717) is 38.0 Å². The molecule has 148 valence electrons. The molecule has 7 heteroatoms. The van der Waals surface area contributed by atoms with Crippen molar-refractivity contribution in [1.29, 1.82) is 0 Å². The maximum atomic E-state index is 13.0. The largest absolute Gasteiger partial charge is 0.459 e. The summed E-state index contributed by atoms with van der Waals surface area (Å²) in [6.07, 6.45) is 5.73. The number of carbonyl (C=O) groups excluding carboxylic acids is 2. The van der Waals surface area contributed by atoms with Gasteiger partial charge in [0.1, 0.15) is 0 Å². The van der Waals surface area contributed by atoms with Gasteiger partial charge in [0.25, 0.3) is 5.91 Å². The molecule has 0 N–H and O–H groups in total. The zero-order valence-corrected chi connectivity index (χ0v) is 15.8. The van der Waals surface area contributed by atoms with Crippen molar-refractivity contribution in [3.8, 4) is 0 Å². The molecule has 3 saturated heterocycles. The Labute approximate surface area is 160 Å². The fourth-order valence-corrected chi connectivity index (χ4v) is 4.53. The van der Waals surface area contributed by atoms with Gasteiger partial charge in [0.15, 0.2) is 5.76 Å². The van der Waals surface area contributed by atoms with Gasteiger partial charge in [-0.25, -0.2) is 0 Å². The monoisotopic (exact) mass is 375 g/mol. The first-order chi connectivity index (χ1) is 13.2. The lowest BCUT2D eigenvalue weighted by Gasteiger charge is -2.42. The SMILES string of the molecule is O=C(c1ccco1)N1CCN(C(=O)C2CCCN(C3CCOCC3)C2)CC1. The highest BCUT2D eigenvalue weighted by Crippen LogP contribution is 2.25. The molecule has 0 spiro atoms. The molecule has 0 aromatic carbocycles. The molecule has 1 aromatic heterocycles. The second-order valence-corrected chi connectivity index (χ2v) is 7.77. The van der Waals surface area contributed by atoms with E-state index in [-0.39, 0.29) is 17.7 Å². The third-order valence-electron chi connectivity index (χ3n) is 6.12. The summed E-state index contributed by atoms with van der Waals surface area (Å²) in [6, 6.07) is 3.98. The lowest BCUT2D eigenvalue weighted by atomic mass is 9.93. The standard InChI is InChI=1S/C20H29N3O4/c24-19(16-3-1-7-23(15-16)17-5-13-26-14-6-17)21-8-10-22(11-9-21)20(25)18-4-2-12-27-18/h2,4,12,16-17H,1,3,5-11,13-15H2. The Kier molecular flexibility index (Phi) is 5.78. The summed E-state index contributed by atoms with van der Waals surface area (Å²) in [6.45, 7) is 6.01. The van der Waals surface area contributed by atoms with Crippen LogP contribution in [0.3, 0.4) is 0 Å². The number of amides is 2. The van der Waals surface area contributed by atoms with E-state index in [2.05, 4.69) is 4.90 Å². The Bertz CT molecular complexity index is 634. The van der Waals surface area contributed by atoms with Gasteiger partial charge in [0.05, 0.1) is 12.2 Å². The predicted octanol–water partition coefficient (Wildman–Crippen LogP) is 1.45. The van der Waals surface area contributed by atoms with Crippen molar-refractivity contribution in [1.82, 2.24) is 14.7 Å². The van der Waals surface area contributed by atoms with Crippen molar-refractivity contribution in [2.45, 2.75) is 31.7 Å². The van der Waals surface area contributed by atoms with Gasteiger partial charge in [0, 0.05) is 52.0 Å². The van der Waals surface area contributed by atoms with Crippen molar-refractivity contribution >= 4 is 11.8 Å². The average molecular weight is 375 g/mol. The number of piperidine rings is 1. The fourth-order valence-electron chi connectivity index (χ4n) is 4.53. The molecule has 1 atom stereocenters. The molecule has 1 aromatic rings. The molecule has 3 aliphatic heterocycles. The molecular weight excluding hydrogens is 346 g/mol. The number of nitrogens with zero attached hydrogens (tertiary/aromatic N) is 3. The predicted molar refractivity (Wildman–Crippen MR) is 99.3 cm³/mol. The summed E-state index contributed by atoms with van der Waals surface area (Å²) in [7, 11) is 0. The summed E-state index contributed by atoms with van der Waals surface area (Å²) < 4.78 is 10.7. The van der Waals surface area contributed by atoms with E-state index < -0.39 is 0 Å². The second kappa shape index (κ2) is 8.44. The molecular formula is C20H29N3O4. The van der Waals surface area contributed by atoms with E-state index in [9.17, 15) is 9.59 Å². The highest BCUT2D eigenvalue weighted by atomic mass is 16.5. The molecule has 7 nitrogen and oxygen atoms in total. The quantitative estimate of drug-likeness (QED) is 0.800. The lowest BCUT2D eigenvalue weighted by molar-refractivity contribution is -0.139. The zero-order chi connectivity index (χ0) is 18.6. The maximum absolute atomic E-state index is 13.0. The molecule has 4 rings (SSSR count). The van der Waals surface area contributed by atoms with Gasteiger partial charge in [-0.3, -0.25) is 14.5 Å². The molecule has 27 heavy (non-hydrogen) atoms. The number of rotatable bonds is 3.